The van der Waals surface area contributed by atoms with Gasteiger partial charge in [-0.15, -0.1) is 0 Å². The highest BCUT2D eigenvalue weighted by Crippen LogP contribution is 2.32. The fourth-order valence-electron chi connectivity index (χ4n) is 4.21. The van der Waals surface area contributed by atoms with E-state index in [4.69, 9.17) is 9.40 Å². The minimum atomic E-state index is -1.65. The molecule has 4 heterocycles. The minimum absolute atomic E-state index is 0.0296. The summed E-state index contributed by atoms with van der Waals surface area (Å²) < 4.78 is 21.4. The molecule has 4 aromatic heterocycles. The number of nitrogens with one attached hydrogen (secondary N) is 4. The maximum atomic E-state index is 13.2. The number of anilines is 1. The topological polar surface area (TPSA) is 150 Å². The number of oxazole rings is 1. The molecular weight excluding hydrogens is 492 g/mol. The average molecular weight is 515 g/mol. The first kappa shape index (κ1) is 22.9. The average Bonchev–Trinajstić information content (AvgIpc) is 3.59. The fraction of sp³-hybridized carbons (Fsp3) is 0.154. The summed E-state index contributed by atoms with van der Waals surface area (Å²) in [5.74, 6) is -0.599. The molecule has 1 unspecified atom stereocenters. The van der Waals surface area contributed by atoms with Crippen molar-refractivity contribution in [2.24, 2.45) is 5.41 Å². The Morgan fingerprint density at radius 3 is 2.73 bits per heavy atom. The van der Waals surface area contributed by atoms with E-state index >= 15 is 0 Å². The zero-order valence-corrected chi connectivity index (χ0v) is 20.9. The number of aromatic nitrogens is 5. The maximum absolute atomic E-state index is 13.2. The number of hydrogen-bond donors (Lipinski definition) is 4. The molecule has 0 fully saturated rings. The van der Waals surface area contributed by atoms with E-state index in [9.17, 15) is 13.8 Å². The third kappa shape index (κ3) is 4.02. The molecule has 0 spiro atoms. The number of carbonyl (C=O) groups excluding carboxylic acids is 1. The van der Waals surface area contributed by atoms with E-state index in [-0.39, 0.29) is 5.78 Å². The highest BCUT2D eigenvalue weighted by Gasteiger charge is 2.26. The first-order chi connectivity index (χ1) is 17.7. The van der Waals surface area contributed by atoms with Gasteiger partial charge in [-0.1, -0.05) is 20.8 Å². The molecule has 0 saturated heterocycles. The monoisotopic (exact) mass is 514 g/mol. The molecule has 0 aliphatic carbocycles. The standard InChI is InChI=1S/C26H22N6O4S/c1-26(2,3)23(33)16-11-28-24-22(16)30-20(12-29-24)13-8-18-15(6-7-27-18)19(9-13)32-37(35)14-4-5-17-21(10-14)36-25(34)31-17/h4-12,27,32H,1-3H3,(H,28,29)(H,31,34). The number of H-pyrrole nitrogens is 3. The largest absolute Gasteiger partial charge is 0.417 e. The lowest BCUT2D eigenvalue weighted by Gasteiger charge is -2.15. The van der Waals surface area contributed by atoms with Crippen LogP contribution in [0.15, 0.2) is 69.1 Å². The number of benzene rings is 2. The van der Waals surface area contributed by atoms with Crippen LogP contribution in [0.2, 0.25) is 0 Å². The molecule has 1 atom stereocenters. The summed E-state index contributed by atoms with van der Waals surface area (Å²) in [4.78, 5) is 42.9. The Balaban J connectivity index is 1.41. The van der Waals surface area contributed by atoms with Crippen molar-refractivity contribution in [1.29, 1.82) is 0 Å². The number of nitrogens with zero attached hydrogens (tertiary/aromatic N) is 2. The number of Topliss-reactive ketones (excluding diaryl/α,β-unsaturated/α-hetero) is 1. The molecule has 6 aromatic rings. The van der Waals surface area contributed by atoms with Gasteiger partial charge in [0.15, 0.2) is 17.0 Å². The lowest BCUT2D eigenvalue weighted by molar-refractivity contribution is 0.0860. The predicted molar refractivity (Wildman–Crippen MR) is 142 cm³/mol. The van der Waals surface area contributed by atoms with Gasteiger partial charge in [0.05, 0.1) is 33.6 Å². The van der Waals surface area contributed by atoms with Crippen LogP contribution in [0.4, 0.5) is 5.69 Å². The van der Waals surface area contributed by atoms with Crippen molar-refractivity contribution in [3.63, 3.8) is 0 Å². The highest BCUT2D eigenvalue weighted by molar-refractivity contribution is 7.86. The summed E-state index contributed by atoms with van der Waals surface area (Å²) in [5, 5.41) is 0.839. The number of hydrogen-bond acceptors (Lipinski definition) is 6. The number of fused-ring (bicyclic) bond motifs is 3. The van der Waals surface area contributed by atoms with E-state index in [0.717, 1.165) is 16.5 Å². The molecule has 6 rings (SSSR count). The highest BCUT2D eigenvalue weighted by atomic mass is 32.2. The van der Waals surface area contributed by atoms with Crippen LogP contribution in [0.25, 0.3) is 44.4 Å². The molecule has 0 radical (unpaired) electrons. The first-order valence-electron chi connectivity index (χ1n) is 11.5. The fourth-order valence-corrected chi connectivity index (χ4v) is 5.10. The van der Waals surface area contributed by atoms with Crippen molar-refractivity contribution in [2.75, 3.05) is 4.72 Å². The summed E-state index contributed by atoms with van der Waals surface area (Å²) in [6.45, 7) is 5.60. The third-order valence-corrected chi connectivity index (χ3v) is 7.17. The van der Waals surface area contributed by atoms with E-state index < -0.39 is 22.2 Å². The second kappa shape index (κ2) is 8.27. The summed E-state index contributed by atoms with van der Waals surface area (Å²) in [7, 11) is -1.65. The van der Waals surface area contributed by atoms with E-state index in [1.807, 2.05) is 39.0 Å². The van der Waals surface area contributed by atoms with Gasteiger partial charge < -0.3 is 19.1 Å². The Kier molecular flexibility index (Phi) is 5.12. The van der Waals surface area contributed by atoms with Gasteiger partial charge >= 0.3 is 5.76 Å². The van der Waals surface area contributed by atoms with Gasteiger partial charge in [-0.2, -0.15) is 0 Å². The molecule has 0 bridgehead atoms. The van der Waals surface area contributed by atoms with Gasteiger partial charge in [0, 0.05) is 40.3 Å². The Bertz CT molecular complexity index is 1920. The van der Waals surface area contributed by atoms with Crippen LogP contribution in [0.5, 0.6) is 0 Å². The van der Waals surface area contributed by atoms with Crippen molar-refractivity contribution in [3.05, 3.63) is 71.1 Å². The Morgan fingerprint density at radius 1 is 1.08 bits per heavy atom. The molecule has 0 aliphatic rings. The van der Waals surface area contributed by atoms with Crippen LogP contribution in [0.1, 0.15) is 31.1 Å². The van der Waals surface area contributed by atoms with Crippen molar-refractivity contribution >= 4 is 55.6 Å². The molecule has 4 N–H and O–H groups in total. The van der Waals surface area contributed by atoms with Crippen LogP contribution in [-0.4, -0.2) is 34.9 Å². The van der Waals surface area contributed by atoms with Crippen LogP contribution in [0, 0.1) is 5.41 Å². The van der Waals surface area contributed by atoms with Crippen molar-refractivity contribution in [3.8, 4) is 11.3 Å². The van der Waals surface area contributed by atoms with E-state index in [1.54, 1.807) is 36.8 Å². The lowest BCUT2D eigenvalue weighted by atomic mass is 9.87. The zero-order valence-electron chi connectivity index (χ0n) is 20.1. The van der Waals surface area contributed by atoms with Crippen molar-refractivity contribution in [2.45, 2.75) is 25.7 Å². The van der Waals surface area contributed by atoms with Gasteiger partial charge in [0.25, 0.3) is 0 Å². The molecule has 10 nitrogen and oxygen atoms in total. The normalized spacial score (nSPS) is 12.9. The second-order valence-electron chi connectivity index (χ2n) is 9.74. The van der Waals surface area contributed by atoms with Gasteiger partial charge in [-0.3, -0.25) is 9.78 Å². The molecule has 37 heavy (non-hydrogen) atoms. The maximum Gasteiger partial charge on any atom is 0.417 e. The third-order valence-electron chi connectivity index (χ3n) is 6.08. The van der Waals surface area contributed by atoms with Crippen LogP contribution in [-0.2, 0) is 11.0 Å². The number of carbonyl (C=O) groups is 1. The van der Waals surface area contributed by atoms with Gasteiger partial charge in [-0.25, -0.2) is 19.0 Å². The van der Waals surface area contributed by atoms with E-state index in [1.165, 1.54) is 0 Å². The first-order valence-corrected chi connectivity index (χ1v) is 12.6. The molecule has 11 heteroatoms. The number of rotatable bonds is 5. The van der Waals surface area contributed by atoms with Crippen LogP contribution < -0.4 is 10.5 Å². The second-order valence-corrected chi connectivity index (χ2v) is 11.0. The molecule has 0 aliphatic heterocycles. The Labute approximate surface area is 212 Å². The molecule has 0 saturated carbocycles. The Morgan fingerprint density at radius 2 is 1.92 bits per heavy atom. The van der Waals surface area contributed by atoms with Crippen molar-refractivity contribution in [1.82, 2.24) is 24.9 Å². The summed E-state index contributed by atoms with van der Waals surface area (Å²) in [6.07, 6.45) is 5.08. The smallest absolute Gasteiger partial charge is 0.408 e. The van der Waals surface area contributed by atoms with E-state index in [2.05, 4.69) is 24.7 Å². The minimum Gasteiger partial charge on any atom is -0.408 e. The molecular formula is C26H22N6O4S. The van der Waals surface area contributed by atoms with Crippen LogP contribution in [0.3, 0.4) is 0 Å². The number of ketones is 1. The van der Waals surface area contributed by atoms with Gasteiger partial charge in [0.1, 0.15) is 16.5 Å². The quantitative estimate of drug-likeness (QED) is 0.240. The SMILES string of the molecule is CC(C)(C)C(=O)c1c[nH]c2ncc(-c3cc(NS(=O)c4ccc5[nH]c(=O)oc5c4)c4cc[nH]c4c3)nc12. The summed E-state index contributed by atoms with van der Waals surface area (Å²) in [6, 6.07) is 10.5. The van der Waals surface area contributed by atoms with Crippen LogP contribution >= 0.6 is 0 Å². The Hall–Kier alpha value is -4.51. The lowest BCUT2D eigenvalue weighted by Crippen LogP contribution is -2.20. The predicted octanol–water partition coefficient (Wildman–Crippen LogP) is 4.90. The number of aromatic amines is 3. The zero-order chi connectivity index (χ0) is 25.9. The van der Waals surface area contributed by atoms with Crippen molar-refractivity contribution < 1.29 is 13.4 Å². The molecule has 2 aromatic carbocycles. The van der Waals surface area contributed by atoms with Gasteiger partial charge in [-0.05, 0) is 30.3 Å². The van der Waals surface area contributed by atoms with Gasteiger partial charge in [0.2, 0.25) is 0 Å². The summed E-state index contributed by atoms with van der Waals surface area (Å²) >= 11 is 0. The molecule has 0 amide bonds. The summed E-state index contributed by atoms with van der Waals surface area (Å²) in [5.41, 5.74) is 4.54. The van der Waals surface area contributed by atoms with E-state index in [0.29, 0.717) is 44.1 Å². The molecule has 186 valence electrons.